The molecule has 0 fully saturated rings. The van der Waals surface area contributed by atoms with Gasteiger partial charge in [-0.15, -0.1) is 11.6 Å². The van der Waals surface area contributed by atoms with Gasteiger partial charge in [0.25, 0.3) is 0 Å². The summed E-state index contributed by atoms with van der Waals surface area (Å²) in [6.07, 6.45) is 2.56. The molecule has 1 aromatic carbocycles. The fourth-order valence-corrected chi connectivity index (χ4v) is 2.07. The number of para-hydroxylation sites is 1. The highest BCUT2D eigenvalue weighted by Gasteiger charge is 2.14. The highest BCUT2D eigenvalue weighted by Crippen LogP contribution is 2.25. The van der Waals surface area contributed by atoms with Crippen LogP contribution in [0.3, 0.4) is 0 Å². The lowest BCUT2D eigenvalue weighted by Gasteiger charge is -2.12. The lowest BCUT2D eigenvalue weighted by Crippen LogP contribution is -2.06. The number of aromatic nitrogens is 2. The highest BCUT2D eigenvalue weighted by molar-refractivity contribution is 6.20. The monoisotopic (exact) mass is 264 g/mol. The first-order valence-electron chi connectivity index (χ1n) is 6.14. The molecule has 1 heterocycles. The van der Waals surface area contributed by atoms with Gasteiger partial charge in [0.15, 0.2) is 0 Å². The molecule has 0 radical (unpaired) electrons. The summed E-state index contributed by atoms with van der Waals surface area (Å²) in [7, 11) is 0. The molecule has 96 valence electrons. The number of halogens is 1. The predicted molar refractivity (Wildman–Crippen MR) is 73.3 cm³/mol. The SMILES string of the molecule is CCOCCC(Cl)c1ccnn1-c1ccccc1. The van der Waals surface area contributed by atoms with E-state index in [9.17, 15) is 0 Å². The molecule has 0 saturated heterocycles. The smallest absolute Gasteiger partial charge is 0.0780 e. The molecule has 0 spiro atoms. The van der Waals surface area contributed by atoms with Crippen LogP contribution in [-0.2, 0) is 4.74 Å². The van der Waals surface area contributed by atoms with Crippen molar-refractivity contribution < 1.29 is 4.74 Å². The zero-order valence-corrected chi connectivity index (χ0v) is 11.2. The summed E-state index contributed by atoms with van der Waals surface area (Å²) in [6.45, 7) is 3.38. The first-order chi connectivity index (χ1) is 8.83. The minimum Gasteiger partial charge on any atom is -0.382 e. The van der Waals surface area contributed by atoms with Crippen molar-refractivity contribution in [3.8, 4) is 5.69 Å². The molecule has 4 heteroatoms. The van der Waals surface area contributed by atoms with Crippen molar-refractivity contribution in [3.05, 3.63) is 48.3 Å². The Morgan fingerprint density at radius 1 is 1.28 bits per heavy atom. The van der Waals surface area contributed by atoms with Gasteiger partial charge in [0.05, 0.1) is 16.8 Å². The third-order valence-electron chi connectivity index (χ3n) is 2.71. The molecule has 1 atom stereocenters. The number of benzene rings is 1. The van der Waals surface area contributed by atoms with Crippen LogP contribution < -0.4 is 0 Å². The van der Waals surface area contributed by atoms with E-state index in [-0.39, 0.29) is 5.38 Å². The van der Waals surface area contributed by atoms with Gasteiger partial charge in [-0.05, 0) is 31.5 Å². The van der Waals surface area contributed by atoms with E-state index in [0.29, 0.717) is 6.61 Å². The second kappa shape index (κ2) is 6.57. The molecular formula is C14H17ClN2O. The van der Waals surface area contributed by atoms with Crippen LogP contribution in [0.2, 0.25) is 0 Å². The average Bonchev–Trinajstić information content (AvgIpc) is 2.89. The van der Waals surface area contributed by atoms with Crippen LogP contribution in [0.1, 0.15) is 24.4 Å². The fourth-order valence-electron chi connectivity index (χ4n) is 1.81. The molecule has 0 aliphatic carbocycles. The van der Waals surface area contributed by atoms with Crippen molar-refractivity contribution in [1.82, 2.24) is 9.78 Å². The van der Waals surface area contributed by atoms with Crippen molar-refractivity contribution in [2.45, 2.75) is 18.7 Å². The van der Waals surface area contributed by atoms with Crippen molar-refractivity contribution in [2.24, 2.45) is 0 Å². The molecule has 1 aromatic heterocycles. The largest absolute Gasteiger partial charge is 0.382 e. The van der Waals surface area contributed by atoms with E-state index in [1.807, 2.05) is 48.0 Å². The molecule has 0 aliphatic rings. The highest BCUT2D eigenvalue weighted by atomic mass is 35.5. The normalized spacial score (nSPS) is 12.6. The van der Waals surface area contributed by atoms with Gasteiger partial charge in [0, 0.05) is 19.4 Å². The minimum absolute atomic E-state index is 0.0840. The van der Waals surface area contributed by atoms with Crippen LogP contribution in [0.25, 0.3) is 5.69 Å². The summed E-state index contributed by atoms with van der Waals surface area (Å²) in [4.78, 5) is 0. The number of ether oxygens (including phenoxy) is 1. The van der Waals surface area contributed by atoms with Crippen LogP contribution in [0.4, 0.5) is 0 Å². The molecule has 0 amide bonds. The number of alkyl halides is 1. The zero-order chi connectivity index (χ0) is 12.8. The maximum absolute atomic E-state index is 6.40. The Morgan fingerprint density at radius 2 is 2.06 bits per heavy atom. The first-order valence-corrected chi connectivity index (χ1v) is 6.57. The maximum Gasteiger partial charge on any atom is 0.0780 e. The van der Waals surface area contributed by atoms with Gasteiger partial charge in [-0.3, -0.25) is 0 Å². The molecule has 0 saturated carbocycles. The Kier molecular flexibility index (Phi) is 4.79. The maximum atomic E-state index is 6.40. The number of hydrogen-bond donors (Lipinski definition) is 0. The fraction of sp³-hybridized carbons (Fsp3) is 0.357. The summed E-state index contributed by atoms with van der Waals surface area (Å²) >= 11 is 6.40. The Balaban J connectivity index is 2.12. The molecule has 0 N–H and O–H groups in total. The number of hydrogen-bond acceptors (Lipinski definition) is 2. The molecule has 0 aliphatic heterocycles. The van der Waals surface area contributed by atoms with Crippen LogP contribution >= 0.6 is 11.6 Å². The van der Waals surface area contributed by atoms with Gasteiger partial charge in [0.2, 0.25) is 0 Å². The minimum atomic E-state index is -0.0840. The van der Waals surface area contributed by atoms with E-state index in [1.165, 1.54) is 0 Å². The van der Waals surface area contributed by atoms with E-state index in [1.54, 1.807) is 6.20 Å². The Morgan fingerprint density at radius 3 is 2.78 bits per heavy atom. The van der Waals surface area contributed by atoms with Crippen LogP contribution in [0, 0.1) is 0 Å². The van der Waals surface area contributed by atoms with Crippen molar-refractivity contribution in [3.63, 3.8) is 0 Å². The quantitative estimate of drug-likeness (QED) is 0.589. The van der Waals surface area contributed by atoms with Gasteiger partial charge in [-0.2, -0.15) is 5.10 Å². The molecule has 0 bridgehead atoms. The number of rotatable bonds is 6. The van der Waals surface area contributed by atoms with E-state index in [0.717, 1.165) is 24.4 Å². The lowest BCUT2D eigenvalue weighted by atomic mass is 10.2. The van der Waals surface area contributed by atoms with Crippen LogP contribution in [-0.4, -0.2) is 23.0 Å². The molecule has 1 unspecified atom stereocenters. The van der Waals surface area contributed by atoms with Crippen molar-refractivity contribution in [1.29, 1.82) is 0 Å². The van der Waals surface area contributed by atoms with Crippen molar-refractivity contribution in [2.75, 3.05) is 13.2 Å². The molecular weight excluding hydrogens is 248 g/mol. The second-order valence-corrected chi connectivity index (χ2v) is 4.48. The first kappa shape index (κ1) is 13.1. The van der Waals surface area contributed by atoms with Gasteiger partial charge >= 0.3 is 0 Å². The Bertz CT molecular complexity index is 470. The molecule has 3 nitrogen and oxygen atoms in total. The van der Waals surface area contributed by atoms with Gasteiger partial charge in [-0.25, -0.2) is 4.68 Å². The third-order valence-corrected chi connectivity index (χ3v) is 3.16. The molecule has 18 heavy (non-hydrogen) atoms. The predicted octanol–water partition coefficient (Wildman–Crippen LogP) is 3.58. The summed E-state index contributed by atoms with van der Waals surface area (Å²) < 4.78 is 7.21. The third kappa shape index (κ3) is 3.12. The zero-order valence-electron chi connectivity index (χ0n) is 10.4. The summed E-state index contributed by atoms with van der Waals surface area (Å²) in [6, 6.07) is 12.0. The van der Waals surface area contributed by atoms with Gasteiger partial charge < -0.3 is 4.74 Å². The summed E-state index contributed by atoms with van der Waals surface area (Å²) in [5.41, 5.74) is 2.03. The van der Waals surface area contributed by atoms with Gasteiger partial charge in [0.1, 0.15) is 0 Å². The molecule has 2 aromatic rings. The van der Waals surface area contributed by atoms with Crippen LogP contribution in [0.5, 0.6) is 0 Å². The lowest BCUT2D eigenvalue weighted by molar-refractivity contribution is 0.144. The van der Waals surface area contributed by atoms with Gasteiger partial charge in [-0.1, -0.05) is 18.2 Å². The standard InChI is InChI=1S/C14H17ClN2O/c1-2-18-11-9-13(15)14-8-10-16-17(14)12-6-4-3-5-7-12/h3-8,10,13H,2,9,11H2,1H3. The summed E-state index contributed by atoms with van der Waals surface area (Å²) in [5.74, 6) is 0. The molecule has 2 rings (SSSR count). The summed E-state index contributed by atoms with van der Waals surface area (Å²) in [5, 5.41) is 4.24. The second-order valence-electron chi connectivity index (χ2n) is 3.96. The van der Waals surface area contributed by atoms with Crippen LogP contribution in [0.15, 0.2) is 42.6 Å². The Labute approximate surface area is 112 Å². The van der Waals surface area contributed by atoms with Crippen molar-refractivity contribution >= 4 is 11.6 Å². The topological polar surface area (TPSA) is 27.1 Å². The van der Waals surface area contributed by atoms with E-state index in [4.69, 9.17) is 16.3 Å². The average molecular weight is 265 g/mol. The number of nitrogens with zero attached hydrogens (tertiary/aromatic N) is 2. The van der Waals surface area contributed by atoms with E-state index < -0.39 is 0 Å². The van der Waals surface area contributed by atoms with E-state index in [2.05, 4.69) is 5.10 Å². The Hall–Kier alpha value is -1.32. The van der Waals surface area contributed by atoms with E-state index >= 15 is 0 Å².